The van der Waals surface area contributed by atoms with E-state index in [2.05, 4.69) is 12.2 Å². The molecule has 0 aromatic heterocycles. The van der Waals surface area contributed by atoms with Gasteiger partial charge in [-0.25, -0.2) is 0 Å². The normalized spacial score (nSPS) is 20.7. The van der Waals surface area contributed by atoms with Crippen LogP contribution in [0.4, 0.5) is 0 Å². The molecule has 5 heteroatoms. The van der Waals surface area contributed by atoms with Gasteiger partial charge in [0.05, 0.1) is 18.2 Å². The Morgan fingerprint density at radius 1 is 1.28 bits per heavy atom. The number of rotatable bonds is 6. The maximum atomic E-state index is 12.1. The summed E-state index contributed by atoms with van der Waals surface area (Å²) in [6.07, 6.45) is 7.76. The van der Waals surface area contributed by atoms with Crippen LogP contribution in [-0.2, 0) is 4.79 Å². The number of ether oxygens (including phenoxy) is 2. The van der Waals surface area contributed by atoms with Crippen LogP contribution in [-0.4, -0.2) is 25.2 Å². The van der Waals surface area contributed by atoms with E-state index in [1.165, 1.54) is 12.8 Å². The lowest BCUT2D eigenvalue weighted by molar-refractivity contribution is -0.117. The van der Waals surface area contributed by atoms with E-state index in [4.69, 9.17) is 21.1 Å². The summed E-state index contributed by atoms with van der Waals surface area (Å²) in [7, 11) is 1.57. The van der Waals surface area contributed by atoms with E-state index >= 15 is 0 Å². The fourth-order valence-electron chi connectivity index (χ4n) is 3.01. The first-order valence-corrected chi connectivity index (χ1v) is 9.29. The minimum Gasteiger partial charge on any atom is -0.493 e. The van der Waals surface area contributed by atoms with Crippen molar-refractivity contribution in [2.45, 2.75) is 58.6 Å². The summed E-state index contributed by atoms with van der Waals surface area (Å²) >= 11 is 6.30. The van der Waals surface area contributed by atoms with Crippen LogP contribution in [0.5, 0.6) is 11.5 Å². The largest absolute Gasteiger partial charge is 0.493 e. The quantitative estimate of drug-likeness (QED) is 0.733. The van der Waals surface area contributed by atoms with Crippen LogP contribution in [0.15, 0.2) is 18.2 Å². The number of carbonyl (C=O) groups is 1. The van der Waals surface area contributed by atoms with Gasteiger partial charge in [0.2, 0.25) is 5.91 Å². The Morgan fingerprint density at radius 3 is 2.56 bits per heavy atom. The first-order valence-electron chi connectivity index (χ1n) is 8.91. The monoisotopic (exact) mass is 365 g/mol. The van der Waals surface area contributed by atoms with E-state index in [-0.39, 0.29) is 18.1 Å². The maximum Gasteiger partial charge on any atom is 0.244 e. The van der Waals surface area contributed by atoms with Gasteiger partial charge < -0.3 is 14.8 Å². The van der Waals surface area contributed by atoms with Gasteiger partial charge in [0.15, 0.2) is 11.5 Å². The van der Waals surface area contributed by atoms with Gasteiger partial charge in [-0.2, -0.15) is 0 Å². The van der Waals surface area contributed by atoms with E-state index in [0.29, 0.717) is 16.5 Å². The Hall–Kier alpha value is -1.68. The highest BCUT2D eigenvalue weighted by Gasteiger charge is 2.19. The van der Waals surface area contributed by atoms with Crippen molar-refractivity contribution in [2.75, 3.05) is 7.11 Å². The zero-order valence-corrected chi connectivity index (χ0v) is 16.2. The highest BCUT2D eigenvalue weighted by molar-refractivity contribution is 6.32. The molecule has 0 aliphatic heterocycles. The second kappa shape index (κ2) is 9.14. The van der Waals surface area contributed by atoms with E-state index in [9.17, 15) is 4.79 Å². The third-order valence-corrected chi connectivity index (χ3v) is 4.68. The molecule has 1 aromatic rings. The van der Waals surface area contributed by atoms with Gasteiger partial charge in [-0.15, -0.1) is 0 Å². The number of nitrogens with one attached hydrogen (secondary N) is 1. The summed E-state index contributed by atoms with van der Waals surface area (Å²) in [5.41, 5.74) is 0.797. The van der Waals surface area contributed by atoms with Crippen molar-refractivity contribution >= 4 is 23.6 Å². The molecule has 0 unspecified atom stereocenters. The lowest BCUT2D eigenvalue weighted by Gasteiger charge is -2.26. The van der Waals surface area contributed by atoms with Crippen LogP contribution in [0, 0.1) is 5.92 Å². The molecule has 2 rings (SSSR count). The van der Waals surface area contributed by atoms with Crippen LogP contribution < -0.4 is 14.8 Å². The van der Waals surface area contributed by atoms with Crippen molar-refractivity contribution in [2.24, 2.45) is 5.92 Å². The summed E-state index contributed by atoms with van der Waals surface area (Å²) in [5.74, 6) is 1.78. The molecule has 0 atom stereocenters. The third kappa shape index (κ3) is 5.96. The third-order valence-electron chi connectivity index (χ3n) is 4.39. The standard InChI is InChI=1S/C20H28ClNO3/c1-13(2)25-20-17(21)11-15(12-18(20)24-4)7-10-19(23)22-16-8-5-14(3)6-9-16/h7,10-14,16H,5-6,8-9H2,1-4H3,(H,22,23)/b10-7+. The Balaban J connectivity index is 2.02. The van der Waals surface area contributed by atoms with Gasteiger partial charge in [0.1, 0.15) is 0 Å². The van der Waals surface area contributed by atoms with Gasteiger partial charge in [0.25, 0.3) is 0 Å². The van der Waals surface area contributed by atoms with Crippen LogP contribution in [0.1, 0.15) is 52.0 Å². The number of hydrogen-bond donors (Lipinski definition) is 1. The Kier molecular flexibility index (Phi) is 7.18. The Bertz CT molecular complexity index is 620. The molecule has 138 valence electrons. The molecule has 1 aliphatic carbocycles. The first-order chi connectivity index (χ1) is 11.9. The summed E-state index contributed by atoms with van der Waals surface area (Å²) < 4.78 is 11.1. The average molecular weight is 366 g/mol. The molecule has 1 fully saturated rings. The maximum absolute atomic E-state index is 12.1. The van der Waals surface area contributed by atoms with Crippen molar-refractivity contribution in [3.63, 3.8) is 0 Å². The van der Waals surface area contributed by atoms with Crippen LogP contribution in [0.2, 0.25) is 5.02 Å². The Labute approximate surface area is 155 Å². The Morgan fingerprint density at radius 2 is 1.96 bits per heavy atom. The molecule has 4 nitrogen and oxygen atoms in total. The van der Waals surface area contributed by atoms with Gasteiger partial charge in [0, 0.05) is 12.1 Å². The fraction of sp³-hybridized carbons (Fsp3) is 0.550. The molecule has 1 aliphatic rings. The summed E-state index contributed by atoms with van der Waals surface area (Å²) in [5, 5.41) is 3.54. The van der Waals surface area contributed by atoms with E-state index in [0.717, 1.165) is 24.3 Å². The molecule has 1 aromatic carbocycles. The smallest absolute Gasteiger partial charge is 0.244 e. The van der Waals surface area contributed by atoms with E-state index in [1.54, 1.807) is 25.3 Å². The minimum atomic E-state index is -0.0721. The molecule has 0 bridgehead atoms. The first kappa shape index (κ1) is 19.6. The fourth-order valence-corrected chi connectivity index (χ4v) is 3.28. The van der Waals surface area contributed by atoms with Crippen molar-refractivity contribution in [1.29, 1.82) is 0 Å². The van der Waals surface area contributed by atoms with Crippen LogP contribution in [0.25, 0.3) is 6.08 Å². The summed E-state index contributed by atoms with van der Waals surface area (Å²) in [6, 6.07) is 3.87. The number of carbonyl (C=O) groups excluding carboxylic acids is 1. The minimum absolute atomic E-state index is 0.00298. The second-order valence-electron chi connectivity index (χ2n) is 7.00. The van der Waals surface area contributed by atoms with Gasteiger partial charge in [-0.05, 0) is 69.2 Å². The molecule has 0 spiro atoms. The van der Waals surface area contributed by atoms with Crippen molar-refractivity contribution in [3.05, 3.63) is 28.8 Å². The number of methoxy groups -OCH3 is 1. The molecule has 0 heterocycles. The van der Waals surface area contributed by atoms with Crippen molar-refractivity contribution in [1.82, 2.24) is 5.32 Å². The number of halogens is 1. The molecule has 1 saturated carbocycles. The lowest BCUT2D eigenvalue weighted by Crippen LogP contribution is -2.36. The number of amides is 1. The van der Waals surface area contributed by atoms with Gasteiger partial charge in [-0.3, -0.25) is 4.79 Å². The molecular weight excluding hydrogens is 338 g/mol. The zero-order chi connectivity index (χ0) is 18.4. The summed E-state index contributed by atoms with van der Waals surface area (Å²) in [6.45, 7) is 6.13. The molecule has 1 amide bonds. The van der Waals surface area contributed by atoms with Crippen molar-refractivity contribution < 1.29 is 14.3 Å². The van der Waals surface area contributed by atoms with Crippen LogP contribution >= 0.6 is 11.6 Å². The highest BCUT2D eigenvalue weighted by Crippen LogP contribution is 2.37. The number of hydrogen-bond acceptors (Lipinski definition) is 3. The predicted molar refractivity (Wildman–Crippen MR) is 102 cm³/mol. The predicted octanol–water partition coefficient (Wildman–Crippen LogP) is 4.84. The van der Waals surface area contributed by atoms with Gasteiger partial charge in [-0.1, -0.05) is 18.5 Å². The molecule has 0 saturated heterocycles. The zero-order valence-electron chi connectivity index (χ0n) is 15.5. The summed E-state index contributed by atoms with van der Waals surface area (Å²) in [4.78, 5) is 12.1. The molecule has 25 heavy (non-hydrogen) atoms. The topological polar surface area (TPSA) is 47.6 Å². The van der Waals surface area contributed by atoms with Crippen molar-refractivity contribution in [3.8, 4) is 11.5 Å². The number of benzene rings is 1. The lowest BCUT2D eigenvalue weighted by atomic mass is 9.87. The molecule has 1 N–H and O–H groups in total. The molecule has 0 radical (unpaired) electrons. The van der Waals surface area contributed by atoms with E-state index in [1.807, 2.05) is 19.9 Å². The highest BCUT2D eigenvalue weighted by atomic mass is 35.5. The second-order valence-corrected chi connectivity index (χ2v) is 7.41. The molecular formula is C20H28ClNO3. The van der Waals surface area contributed by atoms with Crippen LogP contribution in [0.3, 0.4) is 0 Å². The SMILES string of the molecule is COc1cc(/C=C/C(=O)NC2CCC(C)CC2)cc(Cl)c1OC(C)C. The average Bonchev–Trinajstić information content (AvgIpc) is 2.56. The van der Waals surface area contributed by atoms with Gasteiger partial charge >= 0.3 is 0 Å². The van der Waals surface area contributed by atoms with E-state index < -0.39 is 0 Å².